The lowest BCUT2D eigenvalue weighted by Gasteiger charge is -2.27. The van der Waals surface area contributed by atoms with Gasteiger partial charge in [0.05, 0.1) is 6.26 Å². The second kappa shape index (κ2) is 4.92. The van der Waals surface area contributed by atoms with Crippen molar-refractivity contribution in [2.75, 3.05) is 6.54 Å². The van der Waals surface area contributed by atoms with Gasteiger partial charge in [-0.05, 0) is 31.4 Å². The van der Waals surface area contributed by atoms with Crippen LogP contribution >= 0.6 is 0 Å². The Balaban J connectivity index is 2.10. The summed E-state index contributed by atoms with van der Waals surface area (Å²) in [7, 11) is 0. The SMILES string of the molecule is CC(C)C1CCCN1Cc1ccoc1C(=O)O. The van der Waals surface area contributed by atoms with Crippen LogP contribution in [0.3, 0.4) is 0 Å². The number of carbonyl (C=O) groups is 1. The monoisotopic (exact) mass is 237 g/mol. The van der Waals surface area contributed by atoms with E-state index in [0.717, 1.165) is 12.1 Å². The van der Waals surface area contributed by atoms with Crippen molar-refractivity contribution in [2.24, 2.45) is 5.92 Å². The summed E-state index contributed by atoms with van der Waals surface area (Å²) in [6.07, 6.45) is 3.86. The van der Waals surface area contributed by atoms with Gasteiger partial charge in [0, 0.05) is 18.2 Å². The Morgan fingerprint density at radius 3 is 3.06 bits per heavy atom. The van der Waals surface area contributed by atoms with Crippen molar-refractivity contribution in [1.29, 1.82) is 0 Å². The number of rotatable bonds is 4. The number of furan rings is 1. The van der Waals surface area contributed by atoms with Crippen LogP contribution in [0.2, 0.25) is 0 Å². The Labute approximate surface area is 101 Å². The minimum absolute atomic E-state index is 0.0828. The topological polar surface area (TPSA) is 53.7 Å². The summed E-state index contributed by atoms with van der Waals surface area (Å²) < 4.78 is 5.01. The molecule has 4 nitrogen and oxygen atoms in total. The molecule has 0 aromatic carbocycles. The summed E-state index contributed by atoms with van der Waals surface area (Å²) in [4.78, 5) is 13.3. The Morgan fingerprint density at radius 2 is 2.41 bits per heavy atom. The zero-order valence-electron chi connectivity index (χ0n) is 10.3. The molecule has 2 rings (SSSR count). The van der Waals surface area contributed by atoms with E-state index in [-0.39, 0.29) is 5.76 Å². The molecule has 94 valence electrons. The third-order valence-electron chi connectivity index (χ3n) is 3.50. The zero-order chi connectivity index (χ0) is 12.4. The molecule has 0 saturated carbocycles. The minimum Gasteiger partial charge on any atom is -0.475 e. The fraction of sp³-hybridized carbons (Fsp3) is 0.615. The van der Waals surface area contributed by atoms with E-state index in [4.69, 9.17) is 9.52 Å². The highest BCUT2D eigenvalue weighted by Crippen LogP contribution is 2.26. The molecular formula is C13H19NO3. The summed E-state index contributed by atoms with van der Waals surface area (Å²) in [5, 5.41) is 8.99. The predicted molar refractivity (Wildman–Crippen MR) is 63.9 cm³/mol. The fourth-order valence-electron chi connectivity index (χ4n) is 2.67. The van der Waals surface area contributed by atoms with E-state index in [1.165, 1.54) is 19.1 Å². The summed E-state index contributed by atoms with van der Waals surface area (Å²) in [5.41, 5.74) is 0.782. The van der Waals surface area contributed by atoms with E-state index in [1.54, 1.807) is 6.07 Å². The highest BCUT2D eigenvalue weighted by molar-refractivity contribution is 5.86. The van der Waals surface area contributed by atoms with Gasteiger partial charge in [0.1, 0.15) is 0 Å². The van der Waals surface area contributed by atoms with Gasteiger partial charge in [-0.1, -0.05) is 13.8 Å². The summed E-state index contributed by atoms with van der Waals surface area (Å²) in [6.45, 7) is 6.17. The molecule has 4 heteroatoms. The van der Waals surface area contributed by atoms with E-state index in [2.05, 4.69) is 18.7 Å². The maximum Gasteiger partial charge on any atom is 0.372 e. The molecule has 0 amide bonds. The van der Waals surface area contributed by atoms with Crippen molar-refractivity contribution >= 4 is 5.97 Å². The van der Waals surface area contributed by atoms with Crippen LogP contribution in [0.15, 0.2) is 16.7 Å². The molecule has 1 aromatic rings. The number of likely N-dealkylation sites (tertiary alicyclic amines) is 1. The van der Waals surface area contributed by atoms with E-state index < -0.39 is 5.97 Å². The highest BCUT2D eigenvalue weighted by atomic mass is 16.4. The molecule has 0 bridgehead atoms. The summed E-state index contributed by atoms with van der Waals surface area (Å²) >= 11 is 0. The molecule has 1 aliphatic heterocycles. The molecule has 0 aliphatic carbocycles. The summed E-state index contributed by atoms with van der Waals surface area (Å²) in [6, 6.07) is 2.32. The van der Waals surface area contributed by atoms with Crippen molar-refractivity contribution in [3.05, 3.63) is 23.7 Å². The third kappa shape index (κ3) is 2.52. The lowest BCUT2D eigenvalue weighted by atomic mass is 10.0. The van der Waals surface area contributed by atoms with Gasteiger partial charge in [-0.3, -0.25) is 4.90 Å². The number of carboxylic acids is 1. The fourth-order valence-corrected chi connectivity index (χ4v) is 2.67. The molecule has 1 N–H and O–H groups in total. The number of nitrogens with zero attached hydrogens (tertiary/aromatic N) is 1. The number of aromatic carboxylic acids is 1. The second-order valence-corrected chi connectivity index (χ2v) is 5.00. The molecule has 1 fully saturated rings. The minimum atomic E-state index is -0.981. The maximum absolute atomic E-state index is 11.0. The third-order valence-corrected chi connectivity index (χ3v) is 3.50. The van der Waals surface area contributed by atoms with Crippen LogP contribution in [0.1, 0.15) is 42.8 Å². The van der Waals surface area contributed by atoms with Gasteiger partial charge in [0.25, 0.3) is 0 Å². The second-order valence-electron chi connectivity index (χ2n) is 5.00. The Kier molecular flexibility index (Phi) is 3.52. The van der Waals surface area contributed by atoms with Crippen molar-refractivity contribution in [3.63, 3.8) is 0 Å². The van der Waals surface area contributed by atoms with E-state index in [0.29, 0.717) is 18.5 Å². The first-order valence-corrected chi connectivity index (χ1v) is 6.13. The summed E-state index contributed by atoms with van der Waals surface area (Å²) in [5.74, 6) is -0.289. The molecule has 1 atom stereocenters. The Bertz CT molecular complexity index is 397. The smallest absolute Gasteiger partial charge is 0.372 e. The first-order chi connectivity index (χ1) is 8.09. The van der Waals surface area contributed by atoms with E-state index in [9.17, 15) is 4.79 Å². The molecule has 0 spiro atoms. The maximum atomic E-state index is 11.0. The Morgan fingerprint density at radius 1 is 1.65 bits per heavy atom. The average molecular weight is 237 g/mol. The highest BCUT2D eigenvalue weighted by Gasteiger charge is 2.28. The lowest BCUT2D eigenvalue weighted by Crippen LogP contribution is -2.33. The van der Waals surface area contributed by atoms with Crippen molar-refractivity contribution < 1.29 is 14.3 Å². The largest absolute Gasteiger partial charge is 0.475 e. The van der Waals surface area contributed by atoms with E-state index in [1.807, 2.05) is 0 Å². The van der Waals surface area contributed by atoms with Gasteiger partial charge in [-0.2, -0.15) is 0 Å². The van der Waals surface area contributed by atoms with Gasteiger partial charge >= 0.3 is 5.97 Å². The number of hydrogen-bond donors (Lipinski definition) is 1. The molecular weight excluding hydrogens is 218 g/mol. The van der Waals surface area contributed by atoms with Crippen LogP contribution in [0.25, 0.3) is 0 Å². The van der Waals surface area contributed by atoms with Crippen LogP contribution in [0.4, 0.5) is 0 Å². The van der Waals surface area contributed by atoms with Gasteiger partial charge in [0.2, 0.25) is 5.76 Å². The van der Waals surface area contributed by atoms with Crippen LogP contribution in [-0.2, 0) is 6.54 Å². The molecule has 1 aliphatic rings. The first kappa shape index (κ1) is 12.2. The Hall–Kier alpha value is -1.29. The quantitative estimate of drug-likeness (QED) is 0.874. The molecule has 1 unspecified atom stereocenters. The van der Waals surface area contributed by atoms with Gasteiger partial charge in [-0.25, -0.2) is 4.79 Å². The molecule has 2 heterocycles. The molecule has 0 radical (unpaired) electrons. The number of carboxylic acid groups (broad SMARTS) is 1. The zero-order valence-corrected chi connectivity index (χ0v) is 10.3. The molecule has 17 heavy (non-hydrogen) atoms. The predicted octanol–water partition coefficient (Wildman–Crippen LogP) is 2.60. The van der Waals surface area contributed by atoms with Gasteiger partial charge in [0.15, 0.2) is 0 Å². The average Bonchev–Trinajstić information content (AvgIpc) is 2.86. The normalized spacial score (nSPS) is 21.2. The van der Waals surface area contributed by atoms with Crippen LogP contribution in [0, 0.1) is 5.92 Å². The lowest BCUT2D eigenvalue weighted by molar-refractivity contribution is 0.0658. The van der Waals surface area contributed by atoms with Gasteiger partial charge in [-0.15, -0.1) is 0 Å². The van der Waals surface area contributed by atoms with Gasteiger partial charge < -0.3 is 9.52 Å². The van der Waals surface area contributed by atoms with Crippen molar-refractivity contribution in [1.82, 2.24) is 4.90 Å². The molecule has 1 aromatic heterocycles. The number of hydrogen-bond acceptors (Lipinski definition) is 3. The molecule has 1 saturated heterocycles. The van der Waals surface area contributed by atoms with Crippen LogP contribution in [-0.4, -0.2) is 28.6 Å². The van der Waals surface area contributed by atoms with Crippen molar-refractivity contribution in [2.45, 2.75) is 39.3 Å². The standard InChI is InChI=1S/C13H19NO3/c1-9(2)11-4-3-6-14(11)8-10-5-7-17-12(10)13(15)16/h5,7,9,11H,3-4,6,8H2,1-2H3,(H,15,16). The first-order valence-electron chi connectivity index (χ1n) is 6.13. The van der Waals surface area contributed by atoms with E-state index >= 15 is 0 Å². The van der Waals surface area contributed by atoms with Crippen molar-refractivity contribution in [3.8, 4) is 0 Å². The van der Waals surface area contributed by atoms with Crippen LogP contribution in [0.5, 0.6) is 0 Å². The van der Waals surface area contributed by atoms with Crippen LogP contribution < -0.4 is 0 Å².